The fourth-order valence-corrected chi connectivity index (χ4v) is 4.36. The second-order valence-electron chi connectivity index (χ2n) is 7.04. The summed E-state index contributed by atoms with van der Waals surface area (Å²) < 4.78 is 35.8. The van der Waals surface area contributed by atoms with Crippen LogP contribution in [0, 0.1) is 5.92 Å². The van der Waals surface area contributed by atoms with Crippen molar-refractivity contribution >= 4 is 27.6 Å². The van der Waals surface area contributed by atoms with Gasteiger partial charge in [-0.3, -0.25) is 13.9 Å². The van der Waals surface area contributed by atoms with E-state index in [4.69, 9.17) is 9.47 Å². The average Bonchev–Trinajstić information content (AvgIpc) is 2.70. The largest absolute Gasteiger partial charge is 0.497 e. The van der Waals surface area contributed by atoms with Crippen molar-refractivity contribution in [3.05, 3.63) is 24.3 Å². The number of likely N-dealkylation sites (tertiary alicyclic amines) is 1. The van der Waals surface area contributed by atoms with E-state index in [1.807, 2.05) is 0 Å². The quantitative estimate of drug-likeness (QED) is 0.561. The fraction of sp³-hybridized carbons (Fsp3) is 0.600. The summed E-state index contributed by atoms with van der Waals surface area (Å²) in [6.45, 7) is 3.41. The predicted octanol–water partition coefficient (Wildman–Crippen LogP) is 2.04. The van der Waals surface area contributed by atoms with E-state index in [0.717, 1.165) is 6.26 Å². The number of methoxy groups -OCH3 is 1. The molecule has 0 aliphatic carbocycles. The van der Waals surface area contributed by atoms with Crippen LogP contribution in [0.2, 0.25) is 0 Å². The molecule has 162 valence electrons. The number of hydrogen-bond acceptors (Lipinski definition) is 6. The zero-order valence-corrected chi connectivity index (χ0v) is 18.1. The minimum atomic E-state index is -3.47. The fourth-order valence-electron chi connectivity index (χ4n) is 3.39. The van der Waals surface area contributed by atoms with Crippen molar-refractivity contribution in [2.24, 2.45) is 5.92 Å². The Bertz CT molecular complexity index is 786. The normalized spacial score (nSPS) is 15.1. The molecule has 1 heterocycles. The van der Waals surface area contributed by atoms with Crippen molar-refractivity contribution in [2.75, 3.05) is 43.9 Å². The number of anilines is 1. The lowest BCUT2D eigenvalue weighted by Gasteiger charge is -2.31. The molecule has 1 aliphatic heterocycles. The van der Waals surface area contributed by atoms with Crippen LogP contribution in [0.25, 0.3) is 0 Å². The van der Waals surface area contributed by atoms with E-state index in [2.05, 4.69) is 0 Å². The van der Waals surface area contributed by atoms with Gasteiger partial charge in [0.1, 0.15) is 5.75 Å². The Balaban J connectivity index is 1.86. The van der Waals surface area contributed by atoms with Gasteiger partial charge in [0, 0.05) is 26.1 Å². The van der Waals surface area contributed by atoms with Gasteiger partial charge < -0.3 is 14.4 Å². The van der Waals surface area contributed by atoms with Crippen molar-refractivity contribution < 1.29 is 27.5 Å². The maximum Gasteiger partial charge on any atom is 0.309 e. The van der Waals surface area contributed by atoms with Gasteiger partial charge in [-0.05, 0) is 50.5 Å². The molecule has 0 aromatic heterocycles. The first-order chi connectivity index (χ1) is 13.8. The lowest BCUT2D eigenvalue weighted by atomic mass is 9.97. The molecule has 0 radical (unpaired) electrons. The summed E-state index contributed by atoms with van der Waals surface area (Å²) in [6.07, 6.45) is 3.03. The number of carbonyl (C=O) groups excluding carboxylic acids is 2. The SMILES string of the molecule is CCOC(=O)C1CCN(C(=O)CCCN(c2ccc(OC)cc2)S(C)(=O)=O)CC1. The zero-order chi connectivity index (χ0) is 21.4. The molecule has 2 rings (SSSR count). The maximum atomic E-state index is 12.5. The molecule has 0 N–H and O–H groups in total. The number of rotatable bonds is 9. The molecule has 0 bridgehead atoms. The van der Waals surface area contributed by atoms with Crippen LogP contribution in [0.1, 0.15) is 32.6 Å². The van der Waals surface area contributed by atoms with E-state index in [1.165, 1.54) is 4.31 Å². The first kappa shape index (κ1) is 23.0. The van der Waals surface area contributed by atoms with Crippen LogP contribution in [-0.4, -0.2) is 64.8 Å². The van der Waals surface area contributed by atoms with Crippen molar-refractivity contribution in [1.29, 1.82) is 0 Å². The summed E-state index contributed by atoms with van der Waals surface area (Å²) in [5.41, 5.74) is 0.538. The summed E-state index contributed by atoms with van der Waals surface area (Å²) in [7, 11) is -1.92. The Morgan fingerprint density at radius 2 is 1.79 bits per heavy atom. The molecule has 1 saturated heterocycles. The number of benzene rings is 1. The molecule has 0 saturated carbocycles. The topological polar surface area (TPSA) is 93.2 Å². The van der Waals surface area contributed by atoms with Crippen LogP contribution in [0.3, 0.4) is 0 Å². The Morgan fingerprint density at radius 3 is 2.31 bits per heavy atom. The molecule has 9 heteroatoms. The van der Waals surface area contributed by atoms with Crippen LogP contribution in [0.15, 0.2) is 24.3 Å². The third kappa shape index (κ3) is 6.62. The predicted molar refractivity (Wildman–Crippen MR) is 110 cm³/mol. The molecule has 1 amide bonds. The number of hydrogen-bond donors (Lipinski definition) is 0. The van der Waals surface area contributed by atoms with Crippen molar-refractivity contribution in [1.82, 2.24) is 4.90 Å². The monoisotopic (exact) mass is 426 g/mol. The number of ether oxygens (including phenoxy) is 2. The molecular weight excluding hydrogens is 396 g/mol. The van der Waals surface area contributed by atoms with Crippen LogP contribution in [0.4, 0.5) is 5.69 Å². The molecule has 29 heavy (non-hydrogen) atoms. The molecular formula is C20H30N2O6S. The number of esters is 1. The summed E-state index contributed by atoms with van der Waals surface area (Å²) in [4.78, 5) is 26.0. The van der Waals surface area contributed by atoms with E-state index in [9.17, 15) is 18.0 Å². The number of amides is 1. The Kier molecular flexibility index (Phi) is 8.31. The minimum absolute atomic E-state index is 0.0181. The third-order valence-corrected chi connectivity index (χ3v) is 6.17. The van der Waals surface area contributed by atoms with Crippen molar-refractivity contribution in [3.63, 3.8) is 0 Å². The van der Waals surface area contributed by atoms with Crippen molar-refractivity contribution in [2.45, 2.75) is 32.6 Å². The second-order valence-corrected chi connectivity index (χ2v) is 8.95. The van der Waals surface area contributed by atoms with E-state index >= 15 is 0 Å². The second kappa shape index (κ2) is 10.5. The Morgan fingerprint density at radius 1 is 1.17 bits per heavy atom. The van der Waals surface area contributed by atoms with Gasteiger partial charge in [0.15, 0.2) is 0 Å². The molecule has 1 aromatic rings. The van der Waals surface area contributed by atoms with Crippen molar-refractivity contribution in [3.8, 4) is 5.75 Å². The molecule has 1 fully saturated rings. The highest BCUT2D eigenvalue weighted by molar-refractivity contribution is 7.92. The van der Waals surface area contributed by atoms with E-state index in [-0.39, 0.29) is 30.8 Å². The lowest BCUT2D eigenvalue weighted by Crippen LogP contribution is -2.41. The summed E-state index contributed by atoms with van der Waals surface area (Å²) in [5, 5.41) is 0. The number of nitrogens with zero attached hydrogens (tertiary/aromatic N) is 2. The van der Waals surface area contributed by atoms with Gasteiger partial charge in [-0.2, -0.15) is 0 Å². The number of carbonyl (C=O) groups is 2. The first-order valence-corrected chi connectivity index (χ1v) is 11.7. The standard InChI is InChI=1S/C20H30N2O6S/c1-4-28-20(24)16-11-14-21(15-12-16)19(23)6-5-13-22(29(3,25)26)17-7-9-18(27-2)10-8-17/h7-10,16H,4-6,11-15H2,1-3H3. The lowest BCUT2D eigenvalue weighted by molar-refractivity contribution is -0.151. The minimum Gasteiger partial charge on any atom is -0.497 e. The highest BCUT2D eigenvalue weighted by Gasteiger charge is 2.28. The van der Waals surface area contributed by atoms with Gasteiger partial charge in [0.25, 0.3) is 0 Å². The summed E-state index contributed by atoms with van der Waals surface area (Å²) >= 11 is 0. The number of sulfonamides is 1. The molecule has 1 aromatic carbocycles. The van der Waals surface area contributed by atoms with E-state index in [1.54, 1.807) is 43.2 Å². The molecule has 1 aliphatic rings. The molecule has 0 unspecified atom stereocenters. The zero-order valence-electron chi connectivity index (χ0n) is 17.3. The van der Waals surface area contributed by atoms with Crippen LogP contribution < -0.4 is 9.04 Å². The van der Waals surface area contributed by atoms with Crippen LogP contribution in [0.5, 0.6) is 5.75 Å². The first-order valence-electron chi connectivity index (χ1n) is 9.82. The van der Waals surface area contributed by atoms with E-state index in [0.29, 0.717) is 50.4 Å². The molecule has 0 spiro atoms. The van der Waals surface area contributed by atoms with Crippen LogP contribution >= 0.6 is 0 Å². The summed E-state index contributed by atoms with van der Waals surface area (Å²) in [6, 6.07) is 6.77. The maximum absolute atomic E-state index is 12.5. The number of piperidine rings is 1. The molecule has 8 nitrogen and oxygen atoms in total. The third-order valence-electron chi connectivity index (χ3n) is 4.98. The van der Waals surface area contributed by atoms with Gasteiger partial charge in [0.05, 0.1) is 31.6 Å². The van der Waals surface area contributed by atoms with Gasteiger partial charge in [0.2, 0.25) is 15.9 Å². The smallest absolute Gasteiger partial charge is 0.309 e. The van der Waals surface area contributed by atoms with Crippen LogP contribution in [-0.2, 0) is 24.3 Å². The highest BCUT2D eigenvalue weighted by Crippen LogP contribution is 2.23. The molecule has 0 atom stereocenters. The van der Waals surface area contributed by atoms with Gasteiger partial charge in [-0.1, -0.05) is 0 Å². The van der Waals surface area contributed by atoms with Gasteiger partial charge in [-0.25, -0.2) is 8.42 Å². The Hall–Kier alpha value is -2.29. The van der Waals surface area contributed by atoms with E-state index < -0.39 is 10.0 Å². The van der Waals surface area contributed by atoms with Gasteiger partial charge >= 0.3 is 5.97 Å². The highest BCUT2D eigenvalue weighted by atomic mass is 32.2. The van der Waals surface area contributed by atoms with Gasteiger partial charge in [-0.15, -0.1) is 0 Å². The Labute approximate surface area is 172 Å². The summed E-state index contributed by atoms with van der Waals surface area (Å²) in [5.74, 6) is 0.289. The average molecular weight is 427 g/mol.